The van der Waals surface area contributed by atoms with Crippen LogP contribution in [0, 0.1) is 0 Å². The number of ether oxygens (including phenoxy) is 2. The molecule has 4 fully saturated rings. The van der Waals surface area contributed by atoms with Gasteiger partial charge in [-0.15, -0.1) is 23.5 Å². The highest BCUT2D eigenvalue weighted by Crippen LogP contribution is 2.40. The Morgan fingerprint density at radius 3 is 1.14 bits per heavy atom. The van der Waals surface area contributed by atoms with Gasteiger partial charge >= 0.3 is 12.4 Å². The maximum Gasteiger partial charge on any atom is 0.416 e. The molecule has 0 bridgehead atoms. The molecule has 324 valence electrons. The molecule has 2 aromatic carbocycles. The first-order valence-electron chi connectivity index (χ1n) is 20.5. The van der Waals surface area contributed by atoms with E-state index in [9.17, 15) is 35.9 Å². The van der Waals surface area contributed by atoms with Gasteiger partial charge in [0.25, 0.3) is 11.8 Å². The smallest absolute Gasteiger partial charge is 0.416 e. The van der Waals surface area contributed by atoms with Crippen LogP contribution in [0.25, 0.3) is 0 Å². The predicted octanol–water partition coefficient (Wildman–Crippen LogP) is 10.0. The summed E-state index contributed by atoms with van der Waals surface area (Å²) < 4.78 is 89.5. The summed E-state index contributed by atoms with van der Waals surface area (Å²) in [5.74, 6) is -0.828. The fourth-order valence-corrected chi connectivity index (χ4v) is 10.2. The lowest BCUT2D eigenvalue weighted by Crippen LogP contribution is -2.53. The first kappa shape index (κ1) is 46.2. The van der Waals surface area contributed by atoms with E-state index in [2.05, 4.69) is 21.3 Å². The van der Waals surface area contributed by atoms with E-state index < -0.39 is 23.5 Å². The summed E-state index contributed by atoms with van der Waals surface area (Å²) in [5.41, 5.74) is -1.27. The topological polar surface area (TPSA) is 101 Å². The van der Waals surface area contributed by atoms with E-state index in [4.69, 9.17) is 9.47 Å². The van der Waals surface area contributed by atoms with Gasteiger partial charge in [0.2, 0.25) is 0 Å². The van der Waals surface area contributed by atoms with Crippen molar-refractivity contribution < 1.29 is 45.4 Å². The molecule has 4 atom stereocenters. The summed E-state index contributed by atoms with van der Waals surface area (Å²) in [6.45, 7) is 0. The summed E-state index contributed by atoms with van der Waals surface area (Å²) >= 11 is 2.23. The van der Waals surface area contributed by atoms with Crippen LogP contribution in [0.1, 0.15) is 135 Å². The standard InChI is InChI=1S/2C21H29F3N2O2S/c2*1-28-17-11-13(21(22,23)24)12-18(29-2)19(17)20(27)26-16-10-6-5-9-15(16)25-14-7-3-4-8-14/h2*11-12,14-16,25H,3-10H2,1-2H3,(H,26,27). The zero-order chi connectivity index (χ0) is 42.0. The van der Waals surface area contributed by atoms with E-state index in [-0.39, 0.29) is 68.4 Å². The Morgan fingerprint density at radius 2 is 0.845 bits per heavy atom. The lowest BCUT2D eigenvalue weighted by atomic mass is 9.89. The Bertz CT molecular complexity index is 1510. The molecule has 0 radical (unpaired) electrons. The Morgan fingerprint density at radius 1 is 0.534 bits per heavy atom. The molecule has 0 heterocycles. The molecule has 16 heteroatoms. The Balaban J connectivity index is 0.000000221. The average Bonchev–Trinajstić information content (AvgIpc) is 3.92. The van der Waals surface area contributed by atoms with Crippen LogP contribution < -0.4 is 30.7 Å². The predicted molar refractivity (Wildman–Crippen MR) is 217 cm³/mol. The number of methoxy groups -OCH3 is 2. The Hall–Kier alpha value is -2.82. The number of hydrogen-bond donors (Lipinski definition) is 4. The minimum atomic E-state index is -4.49. The van der Waals surface area contributed by atoms with Gasteiger partial charge in [0.1, 0.15) is 11.5 Å². The molecule has 0 aliphatic heterocycles. The molecule has 4 aliphatic carbocycles. The third-order valence-electron chi connectivity index (χ3n) is 11.9. The molecule has 0 aromatic heterocycles. The van der Waals surface area contributed by atoms with Gasteiger partial charge in [-0.1, -0.05) is 51.4 Å². The second-order valence-corrected chi connectivity index (χ2v) is 17.4. The maximum absolute atomic E-state index is 13.2. The van der Waals surface area contributed by atoms with Crippen LogP contribution in [0.3, 0.4) is 0 Å². The zero-order valence-corrected chi connectivity index (χ0v) is 35.4. The zero-order valence-electron chi connectivity index (χ0n) is 33.8. The van der Waals surface area contributed by atoms with Crippen LogP contribution in [0.4, 0.5) is 26.3 Å². The van der Waals surface area contributed by atoms with Crippen LogP contribution in [0.5, 0.6) is 11.5 Å². The number of thioether (sulfide) groups is 2. The van der Waals surface area contributed by atoms with E-state index in [1.165, 1.54) is 65.6 Å². The fraction of sp³-hybridized carbons (Fsp3) is 0.667. The molecule has 8 nitrogen and oxygen atoms in total. The Labute approximate surface area is 346 Å². The first-order valence-corrected chi connectivity index (χ1v) is 22.9. The number of amides is 2. The highest BCUT2D eigenvalue weighted by atomic mass is 32.2. The summed E-state index contributed by atoms with van der Waals surface area (Å²) in [5, 5.41) is 13.6. The largest absolute Gasteiger partial charge is 0.496 e. The molecule has 4 N–H and O–H groups in total. The first-order chi connectivity index (χ1) is 27.7. The van der Waals surface area contributed by atoms with Crippen LogP contribution in [-0.2, 0) is 12.4 Å². The van der Waals surface area contributed by atoms with E-state index in [0.29, 0.717) is 12.1 Å². The average molecular weight is 861 g/mol. The molecular formula is C42H58F6N4O4S2. The van der Waals surface area contributed by atoms with Gasteiger partial charge in [-0.05, 0) is 88.1 Å². The van der Waals surface area contributed by atoms with Gasteiger partial charge < -0.3 is 30.7 Å². The number of rotatable bonds is 12. The molecule has 2 amide bonds. The van der Waals surface area contributed by atoms with Crippen molar-refractivity contribution in [1.82, 2.24) is 21.3 Å². The molecule has 0 saturated heterocycles. The number of alkyl halides is 6. The third-order valence-corrected chi connectivity index (χ3v) is 13.4. The lowest BCUT2D eigenvalue weighted by molar-refractivity contribution is -0.138. The van der Waals surface area contributed by atoms with Crippen molar-refractivity contribution in [1.29, 1.82) is 0 Å². The number of hydrogen-bond acceptors (Lipinski definition) is 8. The number of carbonyl (C=O) groups excluding carboxylic acids is 2. The Kier molecular flexibility index (Phi) is 16.8. The number of halogens is 6. The van der Waals surface area contributed by atoms with Crippen molar-refractivity contribution in [2.45, 2.75) is 161 Å². The summed E-state index contributed by atoms with van der Waals surface area (Å²) in [6, 6.07) is 5.21. The lowest BCUT2D eigenvalue weighted by Gasteiger charge is -2.35. The molecular weight excluding hydrogens is 803 g/mol. The van der Waals surface area contributed by atoms with E-state index >= 15 is 0 Å². The molecule has 4 saturated carbocycles. The number of carbonyl (C=O) groups is 2. The van der Waals surface area contributed by atoms with Gasteiger partial charge in [-0.3, -0.25) is 9.59 Å². The van der Waals surface area contributed by atoms with E-state index in [0.717, 1.165) is 99.2 Å². The summed E-state index contributed by atoms with van der Waals surface area (Å²) in [4.78, 5) is 26.7. The van der Waals surface area contributed by atoms with Crippen LogP contribution >= 0.6 is 23.5 Å². The number of nitrogens with one attached hydrogen (secondary N) is 4. The molecule has 4 unspecified atom stereocenters. The van der Waals surface area contributed by atoms with Crippen molar-refractivity contribution in [3.8, 4) is 11.5 Å². The molecule has 6 rings (SSSR count). The van der Waals surface area contributed by atoms with Crippen molar-refractivity contribution in [3.63, 3.8) is 0 Å². The summed E-state index contributed by atoms with van der Waals surface area (Å²) in [7, 11) is 2.59. The summed E-state index contributed by atoms with van der Waals surface area (Å²) in [6.07, 6.45) is 12.0. The quantitative estimate of drug-likeness (QED) is 0.124. The van der Waals surface area contributed by atoms with E-state index in [1.54, 1.807) is 12.5 Å². The number of benzene rings is 2. The second-order valence-electron chi connectivity index (χ2n) is 15.7. The monoisotopic (exact) mass is 860 g/mol. The van der Waals surface area contributed by atoms with Crippen molar-refractivity contribution in [2.24, 2.45) is 0 Å². The van der Waals surface area contributed by atoms with Crippen molar-refractivity contribution in [3.05, 3.63) is 46.5 Å². The van der Waals surface area contributed by atoms with Gasteiger partial charge in [-0.25, -0.2) is 0 Å². The molecule has 0 spiro atoms. The fourth-order valence-electron chi connectivity index (χ4n) is 8.88. The van der Waals surface area contributed by atoms with Crippen molar-refractivity contribution >= 4 is 35.3 Å². The van der Waals surface area contributed by atoms with Crippen LogP contribution in [-0.4, -0.2) is 74.8 Å². The maximum atomic E-state index is 13.2. The van der Waals surface area contributed by atoms with Gasteiger partial charge in [0, 0.05) is 46.0 Å². The highest BCUT2D eigenvalue weighted by Gasteiger charge is 2.37. The van der Waals surface area contributed by atoms with Gasteiger partial charge in [-0.2, -0.15) is 26.3 Å². The highest BCUT2D eigenvalue weighted by molar-refractivity contribution is 7.99. The molecule has 4 aliphatic rings. The van der Waals surface area contributed by atoms with Crippen LogP contribution in [0.15, 0.2) is 34.1 Å². The normalized spacial score (nSPS) is 23.2. The van der Waals surface area contributed by atoms with Gasteiger partial charge in [0.05, 0.1) is 36.5 Å². The minimum absolute atomic E-state index is 0.0291. The SMILES string of the molecule is COc1cc(C(F)(F)F)cc(SC)c1C(=O)NC1CCCCC1NC1CCCC1.COc1cc(C(F)(F)F)cc(SC)c1C(=O)NC1CCCCC1NC1CCCC1. The van der Waals surface area contributed by atoms with Gasteiger partial charge in [0.15, 0.2) is 0 Å². The molecule has 2 aromatic rings. The van der Waals surface area contributed by atoms with E-state index in [1.807, 2.05) is 0 Å². The minimum Gasteiger partial charge on any atom is -0.496 e. The van der Waals surface area contributed by atoms with Crippen LogP contribution in [0.2, 0.25) is 0 Å². The third kappa shape index (κ3) is 12.1. The molecule has 58 heavy (non-hydrogen) atoms. The second kappa shape index (κ2) is 21.1. The van der Waals surface area contributed by atoms with Crippen molar-refractivity contribution in [2.75, 3.05) is 26.7 Å².